The number of hydrogen-bond donors (Lipinski definition) is 0. The fourth-order valence-corrected chi connectivity index (χ4v) is 1.90. The molecule has 0 fully saturated rings. The molecule has 0 bridgehead atoms. The molecule has 0 saturated heterocycles. The van der Waals surface area contributed by atoms with E-state index in [9.17, 15) is 4.79 Å². The normalized spacial score (nSPS) is 9.59. The smallest absolute Gasteiger partial charge is 0.338 e. The molecule has 0 amide bonds. The highest BCUT2D eigenvalue weighted by Crippen LogP contribution is 2.32. The van der Waals surface area contributed by atoms with Crippen LogP contribution in [0, 0.1) is 3.57 Å². The van der Waals surface area contributed by atoms with Gasteiger partial charge in [-0.1, -0.05) is 12.7 Å². The highest BCUT2D eigenvalue weighted by atomic mass is 127. The lowest BCUT2D eigenvalue weighted by molar-refractivity contribution is 0.0600. The molecule has 0 aliphatic rings. The summed E-state index contributed by atoms with van der Waals surface area (Å²) in [5.41, 5.74) is 0.392. The van der Waals surface area contributed by atoms with Gasteiger partial charge in [-0.2, -0.15) is 0 Å². The molecule has 0 saturated carbocycles. The highest BCUT2D eigenvalue weighted by molar-refractivity contribution is 14.1. The van der Waals surface area contributed by atoms with Crippen LogP contribution >= 0.6 is 22.6 Å². The third-order valence-corrected chi connectivity index (χ3v) is 3.07. The predicted molar refractivity (Wildman–Crippen MR) is 72.7 cm³/mol. The van der Waals surface area contributed by atoms with Crippen molar-refractivity contribution >= 4 is 28.6 Å². The second kappa shape index (κ2) is 6.48. The van der Waals surface area contributed by atoms with E-state index < -0.39 is 5.97 Å². The van der Waals surface area contributed by atoms with Crippen molar-refractivity contribution in [1.29, 1.82) is 0 Å². The van der Waals surface area contributed by atoms with Crippen LogP contribution in [0.5, 0.6) is 11.5 Å². The number of esters is 1. The Bertz CT molecular complexity index is 429. The number of halogens is 1. The standard InChI is InChI=1S/C12H13IO4/c1-4-5-17-10-7-8(12(14)16-3)6-9(15-2)11(10)13/h4,6-7H,1,5H2,2-3H3. The van der Waals surface area contributed by atoms with Crippen molar-refractivity contribution in [3.05, 3.63) is 33.9 Å². The molecule has 0 heterocycles. The minimum atomic E-state index is -0.428. The quantitative estimate of drug-likeness (QED) is 0.466. The number of methoxy groups -OCH3 is 2. The molecule has 0 aliphatic carbocycles. The number of rotatable bonds is 5. The van der Waals surface area contributed by atoms with Crippen LogP contribution in [-0.4, -0.2) is 26.8 Å². The van der Waals surface area contributed by atoms with E-state index in [0.717, 1.165) is 3.57 Å². The molecule has 0 radical (unpaired) electrons. The number of benzene rings is 1. The summed E-state index contributed by atoms with van der Waals surface area (Å²) in [4.78, 5) is 11.5. The first-order chi connectivity index (χ1) is 8.13. The summed E-state index contributed by atoms with van der Waals surface area (Å²) in [7, 11) is 2.87. The summed E-state index contributed by atoms with van der Waals surface area (Å²) in [5, 5.41) is 0. The van der Waals surface area contributed by atoms with Crippen LogP contribution in [0.1, 0.15) is 10.4 Å². The van der Waals surface area contributed by atoms with Gasteiger partial charge in [-0.05, 0) is 34.7 Å². The zero-order chi connectivity index (χ0) is 12.8. The number of carbonyl (C=O) groups excluding carboxylic acids is 1. The molecule has 17 heavy (non-hydrogen) atoms. The van der Waals surface area contributed by atoms with Crippen LogP contribution in [0.3, 0.4) is 0 Å². The lowest BCUT2D eigenvalue weighted by atomic mass is 10.2. The van der Waals surface area contributed by atoms with Crippen molar-refractivity contribution in [2.75, 3.05) is 20.8 Å². The second-order valence-electron chi connectivity index (χ2n) is 3.08. The maximum Gasteiger partial charge on any atom is 0.338 e. The van der Waals surface area contributed by atoms with Crippen molar-refractivity contribution in [2.45, 2.75) is 0 Å². The molecule has 92 valence electrons. The minimum Gasteiger partial charge on any atom is -0.495 e. The molecule has 0 unspecified atom stereocenters. The summed E-state index contributed by atoms with van der Waals surface area (Å²) in [6.45, 7) is 3.94. The van der Waals surface area contributed by atoms with Gasteiger partial charge < -0.3 is 14.2 Å². The molecular weight excluding hydrogens is 335 g/mol. The second-order valence-corrected chi connectivity index (χ2v) is 4.16. The van der Waals surface area contributed by atoms with Gasteiger partial charge in [0.15, 0.2) is 0 Å². The number of carbonyl (C=O) groups is 1. The van der Waals surface area contributed by atoms with Crippen LogP contribution in [0.15, 0.2) is 24.8 Å². The van der Waals surface area contributed by atoms with E-state index in [1.165, 1.54) is 14.2 Å². The van der Waals surface area contributed by atoms with Gasteiger partial charge in [0, 0.05) is 0 Å². The lowest BCUT2D eigenvalue weighted by Gasteiger charge is -2.11. The lowest BCUT2D eigenvalue weighted by Crippen LogP contribution is -2.05. The summed E-state index contributed by atoms with van der Waals surface area (Å²) in [5.74, 6) is 0.723. The molecule has 0 N–H and O–H groups in total. The first-order valence-electron chi connectivity index (χ1n) is 4.83. The molecule has 0 aromatic heterocycles. The fraction of sp³-hybridized carbons (Fsp3) is 0.250. The highest BCUT2D eigenvalue weighted by Gasteiger charge is 2.14. The van der Waals surface area contributed by atoms with E-state index in [1.807, 2.05) is 0 Å². The fourth-order valence-electron chi connectivity index (χ4n) is 1.21. The molecular formula is C12H13IO4. The topological polar surface area (TPSA) is 44.8 Å². The summed E-state index contributed by atoms with van der Waals surface area (Å²) in [6, 6.07) is 3.24. The van der Waals surface area contributed by atoms with E-state index >= 15 is 0 Å². The van der Waals surface area contributed by atoms with Gasteiger partial charge >= 0.3 is 5.97 Å². The van der Waals surface area contributed by atoms with Crippen LogP contribution < -0.4 is 9.47 Å². The van der Waals surface area contributed by atoms with Crippen molar-refractivity contribution in [1.82, 2.24) is 0 Å². The van der Waals surface area contributed by atoms with Crippen molar-refractivity contribution in [3.63, 3.8) is 0 Å². The Morgan fingerprint density at radius 1 is 1.41 bits per heavy atom. The van der Waals surface area contributed by atoms with Crippen molar-refractivity contribution in [2.24, 2.45) is 0 Å². The Morgan fingerprint density at radius 2 is 2.06 bits per heavy atom. The van der Waals surface area contributed by atoms with Crippen LogP contribution in [-0.2, 0) is 4.74 Å². The van der Waals surface area contributed by atoms with Crippen molar-refractivity contribution < 1.29 is 19.0 Å². The maximum atomic E-state index is 11.5. The molecule has 1 rings (SSSR count). The summed E-state index contributed by atoms with van der Waals surface area (Å²) < 4.78 is 16.1. The Labute approximate surface area is 114 Å². The van der Waals surface area contributed by atoms with Gasteiger partial charge in [0.05, 0.1) is 23.4 Å². The maximum absolute atomic E-state index is 11.5. The zero-order valence-electron chi connectivity index (χ0n) is 9.66. The van der Waals surface area contributed by atoms with Gasteiger partial charge in [-0.15, -0.1) is 0 Å². The van der Waals surface area contributed by atoms with Gasteiger partial charge in [0.2, 0.25) is 0 Å². The van der Waals surface area contributed by atoms with Crippen LogP contribution in [0.25, 0.3) is 0 Å². The minimum absolute atomic E-state index is 0.365. The monoisotopic (exact) mass is 348 g/mol. The third kappa shape index (κ3) is 3.36. The third-order valence-electron chi connectivity index (χ3n) is 2.00. The van der Waals surface area contributed by atoms with Crippen LogP contribution in [0.2, 0.25) is 0 Å². The van der Waals surface area contributed by atoms with Gasteiger partial charge in [-0.25, -0.2) is 4.79 Å². The first-order valence-corrected chi connectivity index (χ1v) is 5.91. The number of hydrogen-bond acceptors (Lipinski definition) is 4. The molecule has 4 nitrogen and oxygen atoms in total. The number of ether oxygens (including phenoxy) is 3. The van der Waals surface area contributed by atoms with Gasteiger partial charge in [0.1, 0.15) is 18.1 Å². The summed E-state index contributed by atoms with van der Waals surface area (Å²) >= 11 is 2.10. The Kier molecular flexibility index (Phi) is 5.27. The molecule has 0 atom stereocenters. The molecule has 0 spiro atoms. The first kappa shape index (κ1) is 13.8. The molecule has 0 aliphatic heterocycles. The van der Waals surface area contributed by atoms with Crippen LogP contribution in [0.4, 0.5) is 0 Å². The predicted octanol–water partition coefficient (Wildman–Crippen LogP) is 2.65. The van der Waals surface area contributed by atoms with E-state index in [0.29, 0.717) is 23.7 Å². The Balaban J connectivity index is 3.17. The van der Waals surface area contributed by atoms with Crippen molar-refractivity contribution in [3.8, 4) is 11.5 Å². The van der Waals surface area contributed by atoms with E-state index in [-0.39, 0.29) is 0 Å². The molecule has 5 heteroatoms. The summed E-state index contributed by atoms with van der Waals surface area (Å²) in [6.07, 6.45) is 1.63. The Hall–Kier alpha value is -1.24. The average Bonchev–Trinajstić information content (AvgIpc) is 2.36. The molecule has 1 aromatic rings. The average molecular weight is 348 g/mol. The van der Waals surface area contributed by atoms with Gasteiger partial charge in [0.25, 0.3) is 0 Å². The van der Waals surface area contributed by atoms with E-state index in [4.69, 9.17) is 9.47 Å². The molecule has 1 aromatic carbocycles. The largest absolute Gasteiger partial charge is 0.495 e. The SMILES string of the molecule is C=CCOc1cc(C(=O)OC)cc(OC)c1I. The van der Waals surface area contributed by atoms with E-state index in [2.05, 4.69) is 33.9 Å². The van der Waals surface area contributed by atoms with E-state index in [1.54, 1.807) is 18.2 Å². The van der Waals surface area contributed by atoms with Gasteiger partial charge in [-0.3, -0.25) is 0 Å². The Morgan fingerprint density at radius 3 is 2.59 bits per heavy atom. The zero-order valence-corrected chi connectivity index (χ0v) is 11.8.